The zero-order valence-electron chi connectivity index (χ0n) is 21.4. The molecule has 0 radical (unpaired) electrons. The monoisotopic (exact) mass is 515 g/mol. The lowest BCUT2D eigenvalue weighted by atomic mass is 9.94. The van der Waals surface area contributed by atoms with Crippen LogP contribution in [0.15, 0.2) is 29.6 Å². The Hall–Kier alpha value is -2.98. The van der Waals surface area contributed by atoms with Gasteiger partial charge in [-0.3, -0.25) is 0 Å². The number of rotatable bonds is 7. The van der Waals surface area contributed by atoms with Crippen molar-refractivity contribution in [1.82, 2.24) is 15.1 Å². The molecule has 2 N–H and O–H groups in total. The molecular formula is C26H34FN5O3S. The fourth-order valence-corrected chi connectivity index (χ4v) is 5.20. The summed E-state index contributed by atoms with van der Waals surface area (Å²) in [6, 6.07) is 6.80. The largest absolute Gasteiger partial charge is 0.444 e. The van der Waals surface area contributed by atoms with Crippen molar-refractivity contribution in [2.24, 2.45) is 5.92 Å². The molecule has 4 rings (SSSR count). The smallest absolute Gasteiger partial charge is 0.410 e. The van der Waals surface area contributed by atoms with E-state index in [4.69, 9.17) is 9.47 Å². The average Bonchev–Trinajstić information content (AvgIpc) is 3.30. The van der Waals surface area contributed by atoms with E-state index in [-0.39, 0.29) is 23.9 Å². The maximum Gasteiger partial charge on any atom is 0.410 e. The number of piperidine rings is 1. The fraction of sp³-hybridized carbons (Fsp3) is 0.500. The number of halogens is 1. The second-order valence-corrected chi connectivity index (χ2v) is 11.0. The molecule has 0 saturated carbocycles. The van der Waals surface area contributed by atoms with Crippen LogP contribution in [0.25, 0.3) is 21.3 Å². The lowest BCUT2D eigenvalue weighted by Crippen LogP contribution is -2.49. The van der Waals surface area contributed by atoms with E-state index in [0.717, 1.165) is 27.9 Å². The Morgan fingerprint density at radius 3 is 2.81 bits per heavy atom. The highest BCUT2D eigenvalue weighted by atomic mass is 32.1. The van der Waals surface area contributed by atoms with Gasteiger partial charge in [-0.05, 0) is 62.8 Å². The third-order valence-corrected chi connectivity index (χ3v) is 7.04. The van der Waals surface area contributed by atoms with Crippen LogP contribution in [0.5, 0.6) is 0 Å². The Labute approximate surface area is 215 Å². The minimum absolute atomic E-state index is 0.145. The number of amides is 1. The van der Waals surface area contributed by atoms with Gasteiger partial charge in [0.15, 0.2) is 5.82 Å². The molecule has 10 heteroatoms. The van der Waals surface area contributed by atoms with Crippen LogP contribution in [0.2, 0.25) is 0 Å². The number of carbonyl (C=O) groups excluding carboxylic acids is 1. The highest BCUT2D eigenvalue weighted by Crippen LogP contribution is 2.37. The summed E-state index contributed by atoms with van der Waals surface area (Å²) in [7, 11) is 1.63. The van der Waals surface area contributed by atoms with Crippen LogP contribution in [-0.2, 0) is 9.47 Å². The van der Waals surface area contributed by atoms with Gasteiger partial charge in [-0.15, -0.1) is 21.5 Å². The van der Waals surface area contributed by atoms with E-state index in [9.17, 15) is 9.18 Å². The summed E-state index contributed by atoms with van der Waals surface area (Å²) in [6.45, 7) is 10.0. The van der Waals surface area contributed by atoms with Crippen molar-refractivity contribution in [3.05, 3.63) is 35.5 Å². The maximum absolute atomic E-state index is 14.0. The molecule has 0 unspecified atom stereocenters. The zero-order valence-corrected chi connectivity index (χ0v) is 22.2. The Morgan fingerprint density at radius 2 is 2.08 bits per heavy atom. The predicted molar refractivity (Wildman–Crippen MR) is 142 cm³/mol. The Morgan fingerprint density at radius 1 is 1.28 bits per heavy atom. The Balaban J connectivity index is 1.53. The van der Waals surface area contributed by atoms with Crippen molar-refractivity contribution in [3.63, 3.8) is 0 Å². The number of thiophene rings is 1. The Kier molecular flexibility index (Phi) is 7.94. The van der Waals surface area contributed by atoms with Crippen molar-refractivity contribution in [1.29, 1.82) is 0 Å². The van der Waals surface area contributed by atoms with Gasteiger partial charge in [0.1, 0.15) is 17.1 Å². The molecule has 1 aromatic carbocycles. The van der Waals surface area contributed by atoms with Gasteiger partial charge in [-0.2, -0.15) is 0 Å². The number of aromatic nitrogens is 2. The van der Waals surface area contributed by atoms with Crippen molar-refractivity contribution < 1.29 is 18.7 Å². The number of hydrogen-bond donors (Lipinski definition) is 2. The summed E-state index contributed by atoms with van der Waals surface area (Å²) in [5.41, 5.74) is 1.62. The lowest BCUT2D eigenvalue weighted by molar-refractivity contribution is 0.0165. The summed E-state index contributed by atoms with van der Waals surface area (Å²) < 4.78 is 25.6. The van der Waals surface area contributed by atoms with E-state index < -0.39 is 5.60 Å². The molecule has 8 nitrogen and oxygen atoms in total. The SMILES string of the molecule is COCCNc1cc(F)ccc1-c1nnc(N[C@@H]2CCN(C(=O)OC(C)(C)C)C[C@H]2C)c2sccc12. The van der Waals surface area contributed by atoms with E-state index in [0.29, 0.717) is 37.6 Å². The third-order valence-electron chi connectivity index (χ3n) is 6.12. The van der Waals surface area contributed by atoms with Gasteiger partial charge < -0.3 is 25.0 Å². The van der Waals surface area contributed by atoms with Crippen LogP contribution < -0.4 is 10.6 Å². The normalized spacial score (nSPS) is 18.3. The van der Waals surface area contributed by atoms with Crippen molar-refractivity contribution >= 4 is 39.0 Å². The molecule has 1 amide bonds. The quantitative estimate of drug-likeness (QED) is 0.395. The summed E-state index contributed by atoms with van der Waals surface area (Å²) in [4.78, 5) is 14.3. The van der Waals surface area contributed by atoms with Crippen LogP contribution in [0.1, 0.15) is 34.1 Å². The number of anilines is 2. The van der Waals surface area contributed by atoms with Crippen LogP contribution in [0.3, 0.4) is 0 Å². The van der Waals surface area contributed by atoms with Crippen LogP contribution in [0, 0.1) is 11.7 Å². The topological polar surface area (TPSA) is 88.6 Å². The van der Waals surface area contributed by atoms with Crippen LogP contribution in [-0.4, -0.2) is 66.2 Å². The van der Waals surface area contributed by atoms with Gasteiger partial charge in [0.2, 0.25) is 0 Å². The van der Waals surface area contributed by atoms with E-state index in [2.05, 4.69) is 27.8 Å². The molecule has 0 aliphatic carbocycles. The van der Waals surface area contributed by atoms with Gasteiger partial charge in [-0.25, -0.2) is 9.18 Å². The highest BCUT2D eigenvalue weighted by Gasteiger charge is 2.32. The first kappa shape index (κ1) is 26.1. The number of nitrogens with zero attached hydrogens (tertiary/aromatic N) is 3. The standard InChI is InChI=1S/C26H34FN5O3S/c1-16-15-32(25(33)35-26(2,3)4)11-8-20(16)29-24-23-19(9-13-36-23)22(30-31-24)18-7-6-17(27)14-21(18)28-10-12-34-5/h6-7,9,13-14,16,20,28H,8,10-12,15H2,1-5H3,(H,29,31)/t16-,20-/m1/s1. The number of benzene rings is 1. The zero-order chi connectivity index (χ0) is 25.9. The lowest BCUT2D eigenvalue weighted by Gasteiger charge is -2.38. The fourth-order valence-electron chi connectivity index (χ4n) is 4.36. The van der Waals surface area contributed by atoms with Crippen molar-refractivity contribution in [2.75, 3.05) is 44.0 Å². The highest BCUT2D eigenvalue weighted by molar-refractivity contribution is 7.17. The number of carbonyl (C=O) groups is 1. The molecule has 1 aliphatic rings. The number of nitrogens with one attached hydrogen (secondary N) is 2. The van der Waals surface area contributed by atoms with E-state index in [1.165, 1.54) is 12.1 Å². The molecule has 0 bridgehead atoms. The summed E-state index contributed by atoms with van der Waals surface area (Å²) >= 11 is 1.59. The molecule has 2 atom stereocenters. The van der Waals surface area contributed by atoms with Gasteiger partial charge in [0, 0.05) is 49.4 Å². The second-order valence-electron chi connectivity index (χ2n) is 10.1. The third kappa shape index (κ3) is 6.04. The predicted octanol–water partition coefficient (Wildman–Crippen LogP) is 5.61. The molecule has 194 valence electrons. The van der Waals surface area contributed by atoms with Crippen LogP contribution in [0.4, 0.5) is 20.7 Å². The van der Waals surface area contributed by atoms with Gasteiger partial charge >= 0.3 is 6.09 Å². The van der Waals surface area contributed by atoms with Gasteiger partial charge in [-0.1, -0.05) is 6.92 Å². The van der Waals surface area contributed by atoms with Gasteiger partial charge in [0.25, 0.3) is 0 Å². The first-order chi connectivity index (χ1) is 17.2. The molecule has 3 heterocycles. The second kappa shape index (κ2) is 11.0. The molecular weight excluding hydrogens is 481 g/mol. The molecule has 1 saturated heterocycles. The van der Waals surface area contributed by atoms with Crippen LogP contribution >= 0.6 is 11.3 Å². The van der Waals surface area contributed by atoms with E-state index in [1.807, 2.05) is 32.2 Å². The summed E-state index contributed by atoms with van der Waals surface area (Å²) in [5, 5.41) is 18.9. The summed E-state index contributed by atoms with van der Waals surface area (Å²) in [6.07, 6.45) is 0.509. The molecule has 3 aromatic rings. The number of ether oxygens (including phenoxy) is 2. The Bertz CT molecular complexity index is 1210. The number of methoxy groups -OCH3 is 1. The minimum atomic E-state index is -0.513. The number of likely N-dealkylation sites (tertiary alicyclic amines) is 1. The van der Waals surface area contributed by atoms with E-state index in [1.54, 1.807) is 29.4 Å². The molecule has 1 fully saturated rings. The number of fused-ring (bicyclic) bond motifs is 1. The summed E-state index contributed by atoms with van der Waals surface area (Å²) in [5.74, 6) is 0.608. The minimum Gasteiger partial charge on any atom is -0.444 e. The van der Waals surface area contributed by atoms with Crippen molar-refractivity contribution in [3.8, 4) is 11.3 Å². The van der Waals surface area contributed by atoms with Crippen molar-refractivity contribution in [2.45, 2.75) is 45.8 Å². The number of hydrogen-bond acceptors (Lipinski definition) is 8. The molecule has 2 aromatic heterocycles. The molecule has 36 heavy (non-hydrogen) atoms. The molecule has 0 spiro atoms. The maximum atomic E-state index is 14.0. The first-order valence-electron chi connectivity index (χ1n) is 12.2. The van der Waals surface area contributed by atoms with Gasteiger partial charge in [0.05, 0.1) is 11.3 Å². The first-order valence-corrected chi connectivity index (χ1v) is 13.1. The molecule has 1 aliphatic heterocycles. The van der Waals surface area contributed by atoms with E-state index >= 15 is 0 Å². The average molecular weight is 516 g/mol.